The number of hydrogen-bond donors (Lipinski definition) is 2. The number of nitrogens with zero attached hydrogens (tertiary/aromatic N) is 3. The minimum absolute atomic E-state index is 0.0000810. The molecule has 1 fully saturated rings. The molecule has 0 bridgehead atoms. The largest absolute Gasteiger partial charge is 0.426 e. The van der Waals surface area contributed by atoms with Crippen molar-refractivity contribution in [2.75, 3.05) is 6.54 Å². The molecule has 1 aromatic heterocycles. The van der Waals surface area contributed by atoms with Crippen LogP contribution in [0.15, 0.2) is 6.20 Å². The molecule has 1 aromatic rings. The topological polar surface area (TPSA) is 78.6 Å². The van der Waals surface area contributed by atoms with Crippen LogP contribution < -0.4 is 0 Å². The highest BCUT2D eigenvalue weighted by molar-refractivity contribution is 5.85. The first-order valence-corrected chi connectivity index (χ1v) is 8.85. The second kappa shape index (κ2) is 6.53. The van der Waals surface area contributed by atoms with Gasteiger partial charge >= 0.3 is 6.18 Å². The predicted octanol–water partition coefficient (Wildman–Crippen LogP) is 2.12. The van der Waals surface area contributed by atoms with Crippen LogP contribution >= 0.6 is 0 Å². The third-order valence-electron chi connectivity index (χ3n) is 5.50. The van der Waals surface area contributed by atoms with Crippen LogP contribution in [-0.2, 0) is 11.3 Å². The molecular formula is C17H24F3N3O3. The van der Waals surface area contributed by atoms with Crippen molar-refractivity contribution in [1.29, 1.82) is 0 Å². The number of amides is 1. The second-order valence-corrected chi connectivity index (χ2v) is 7.62. The van der Waals surface area contributed by atoms with E-state index in [2.05, 4.69) is 5.10 Å². The fraction of sp³-hybridized carbons (Fsp3) is 0.765. The van der Waals surface area contributed by atoms with Crippen molar-refractivity contribution in [3.05, 3.63) is 17.5 Å². The lowest BCUT2D eigenvalue weighted by Gasteiger charge is -2.37. The molecule has 9 heteroatoms. The molecule has 2 atom stereocenters. The van der Waals surface area contributed by atoms with Crippen molar-refractivity contribution in [3.63, 3.8) is 0 Å². The monoisotopic (exact) mass is 375 g/mol. The Balaban J connectivity index is 1.81. The predicted molar refractivity (Wildman–Crippen MR) is 86.2 cm³/mol. The summed E-state index contributed by atoms with van der Waals surface area (Å²) in [7, 11) is 0. The summed E-state index contributed by atoms with van der Waals surface area (Å²) in [5.41, 5.74) is -1.76. The lowest BCUT2D eigenvalue weighted by molar-refractivity contribution is -0.250. The van der Waals surface area contributed by atoms with Gasteiger partial charge in [-0.3, -0.25) is 9.48 Å². The molecule has 1 saturated carbocycles. The summed E-state index contributed by atoms with van der Waals surface area (Å²) in [6.45, 7) is 2.43. The van der Waals surface area contributed by atoms with Gasteiger partial charge in [-0.05, 0) is 32.6 Å². The minimum Gasteiger partial charge on any atom is -0.393 e. The molecule has 3 rings (SSSR count). The molecular weight excluding hydrogens is 351 g/mol. The number of aliphatic hydroxyl groups is 2. The third-order valence-corrected chi connectivity index (χ3v) is 5.50. The Morgan fingerprint density at radius 1 is 1.27 bits per heavy atom. The van der Waals surface area contributed by atoms with E-state index < -0.39 is 17.7 Å². The smallest absolute Gasteiger partial charge is 0.393 e. The van der Waals surface area contributed by atoms with Gasteiger partial charge in [0.1, 0.15) is 0 Å². The molecule has 1 amide bonds. The first-order chi connectivity index (χ1) is 12.0. The first kappa shape index (κ1) is 19.2. The number of halogens is 3. The molecule has 0 saturated heterocycles. The maximum atomic E-state index is 13.0. The quantitative estimate of drug-likeness (QED) is 0.830. The lowest BCUT2D eigenvalue weighted by atomic mass is 9.91. The standard InChI is InChI=1S/C17H24F3N3O3/c1-10-8-22(15(25)16(2,26)17(18,19)20)9-11-7-21-23(14(10)11)12-3-5-13(24)6-4-12/h7,10,12-13,24,26H,3-6,8-9H2,1-2H3. The fourth-order valence-corrected chi connectivity index (χ4v) is 3.94. The normalized spacial score (nSPS) is 29.2. The first-order valence-electron chi connectivity index (χ1n) is 8.85. The molecule has 6 nitrogen and oxygen atoms in total. The average Bonchev–Trinajstić information content (AvgIpc) is 2.98. The van der Waals surface area contributed by atoms with Crippen LogP contribution in [0.2, 0.25) is 0 Å². The van der Waals surface area contributed by atoms with Gasteiger partial charge in [0.05, 0.1) is 18.3 Å². The Hall–Kier alpha value is -1.61. The molecule has 1 aliphatic carbocycles. The molecule has 2 unspecified atom stereocenters. The number of hydrogen-bond acceptors (Lipinski definition) is 4. The summed E-state index contributed by atoms with van der Waals surface area (Å²) in [6, 6.07) is 0.158. The maximum Gasteiger partial charge on any atom is 0.426 e. The van der Waals surface area contributed by atoms with Gasteiger partial charge in [-0.2, -0.15) is 18.3 Å². The Kier molecular flexibility index (Phi) is 4.81. The van der Waals surface area contributed by atoms with Gasteiger partial charge in [0.25, 0.3) is 5.91 Å². The molecule has 2 heterocycles. The van der Waals surface area contributed by atoms with Crippen LogP contribution in [0.5, 0.6) is 0 Å². The number of carbonyl (C=O) groups excluding carboxylic acids is 1. The van der Waals surface area contributed by atoms with Crippen molar-refractivity contribution in [1.82, 2.24) is 14.7 Å². The maximum absolute atomic E-state index is 13.0. The zero-order valence-electron chi connectivity index (χ0n) is 14.8. The van der Waals surface area contributed by atoms with Gasteiger partial charge in [-0.1, -0.05) is 6.92 Å². The van der Waals surface area contributed by atoms with Crippen LogP contribution in [0.25, 0.3) is 0 Å². The van der Waals surface area contributed by atoms with E-state index in [0.717, 1.165) is 23.4 Å². The SMILES string of the molecule is CC1CN(C(=O)C(C)(O)C(F)(F)F)Cc2cnn(C3CCC(O)CC3)c21. The summed E-state index contributed by atoms with van der Waals surface area (Å²) < 4.78 is 40.8. The molecule has 146 valence electrons. The number of aliphatic hydroxyl groups excluding tert-OH is 1. The molecule has 26 heavy (non-hydrogen) atoms. The van der Waals surface area contributed by atoms with Crippen molar-refractivity contribution in [3.8, 4) is 0 Å². The van der Waals surface area contributed by atoms with Gasteiger partial charge in [-0.25, -0.2) is 0 Å². The van der Waals surface area contributed by atoms with E-state index in [0.29, 0.717) is 25.3 Å². The van der Waals surface area contributed by atoms with E-state index in [1.807, 2.05) is 11.6 Å². The molecule has 1 aliphatic heterocycles. The number of carbonyl (C=O) groups is 1. The Morgan fingerprint density at radius 3 is 2.46 bits per heavy atom. The van der Waals surface area contributed by atoms with E-state index in [-0.39, 0.29) is 31.2 Å². The van der Waals surface area contributed by atoms with Crippen molar-refractivity contribution in [2.45, 2.75) is 75.9 Å². The highest BCUT2D eigenvalue weighted by atomic mass is 19.4. The number of rotatable bonds is 2. The molecule has 0 spiro atoms. The van der Waals surface area contributed by atoms with E-state index in [1.165, 1.54) is 0 Å². The van der Waals surface area contributed by atoms with Gasteiger partial charge < -0.3 is 15.1 Å². The van der Waals surface area contributed by atoms with Crippen LogP contribution in [-0.4, -0.2) is 55.2 Å². The van der Waals surface area contributed by atoms with Crippen LogP contribution in [0.4, 0.5) is 13.2 Å². The summed E-state index contributed by atoms with van der Waals surface area (Å²) in [5, 5.41) is 23.8. The number of aromatic nitrogens is 2. The van der Waals surface area contributed by atoms with E-state index in [4.69, 9.17) is 0 Å². The summed E-state index contributed by atoms with van der Waals surface area (Å²) in [5.74, 6) is -1.53. The number of fused-ring (bicyclic) bond motifs is 1. The molecule has 2 aliphatic rings. The minimum atomic E-state index is -5.03. The van der Waals surface area contributed by atoms with E-state index in [9.17, 15) is 28.2 Å². The zero-order valence-corrected chi connectivity index (χ0v) is 14.8. The Morgan fingerprint density at radius 2 is 1.88 bits per heavy atom. The van der Waals surface area contributed by atoms with Gasteiger partial charge in [0.2, 0.25) is 5.60 Å². The average molecular weight is 375 g/mol. The molecule has 0 radical (unpaired) electrons. The van der Waals surface area contributed by atoms with Gasteiger partial charge in [0, 0.05) is 30.3 Å². The van der Waals surface area contributed by atoms with Gasteiger partial charge in [-0.15, -0.1) is 0 Å². The molecule has 2 N–H and O–H groups in total. The van der Waals surface area contributed by atoms with Gasteiger partial charge in [0.15, 0.2) is 0 Å². The highest BCUT2D eigenvalue weighted by Crippen LogP contribution is 2.37. The number of alkyl halides is 3. The fourth-order valence-electron chi connectivity index (χ4n) is 3.94. The van der Waals surface area contributed by atoms with E-state index in [1.54, 1.807) is 6.20 Å². The van der Waals surface area contributed by atoms with Crippen molar-refractivity contribution < 1.29 is 28.2 Å². The Bertz CT molecular complexity index is 679. The van der Waals surface area contributed by atoms with Crippen molar-refractivity contribution >= 4 is 5.91 Å². The summed E-state index contributed by atoms with van der Waals surface area (Å²) in [6.07, 6.45) is -0.715. The summed E-state index contributed by atoms with van der Waals surface area (Å²) in [4.78, 5) is 13.3. The Labute approximate surface area is 149 Å². The second-order valence-electron chi connectivity index (χ2n) is 7.62. The zero-order chi connectivity index (χ0) is 19.3. The van der Waals surface area contributed by atoms with Crippen LogP contribution in [0, 0.1) is 0 Å². The van der Waals surface area contributed by atoms with E-state index >= 15 is 0 Å². The van der Waals surface area contributed by atoms with Crippen LogP contribution in [0.1, 0.15) is 62.7 Å². The van der Waals surface area contributed by atoms with Crippen LogP contribution in [0.3, 0.4) is 0 Å². The lowest BCUT2D eigenvalue weighted by Crippen LogP contribution is -2.57. The van der Waals surface area contributed by atoms with Crippen molar-refractivity contribution in [2.24, 2.45) is 0 Å². The third kappa shape index (κ3) is 3.22. The molecule has 0 aromatic carbocycles. The summed E-state index contributed by atoms with van der Waals surface area (Å²) >= 11 is 0. The highest BCUT2D eigenvalue weighted by Gasteiger charge is 2.57.